The van der Waals surface area contributed by atoms with Crippen LogP contribution in [-0.2, 0) is 28.4 Å². The van der Waals surface area contributed by atoms with Crippen LogP contribution in [0.3, 0.4) is 0 Å². The van der Waals surface area contributed by atoms with Gasteiger partial charge < -0.3 is 85.6 Å². The van der Waals surface area contributed by atoms with Crippen LogP contribution in [0.25, 0.3) is 0 Å². The maximum Gasteiger partial charge on any atom is 0.339 e. The van der Waals surface area contributed by atoms with Gasteiger partial charge in [-0.05, 0) is 48.5 Å². The van der Waals surface area contributed by atoms with E-state index in [9.17, 15) is 24.3 Å². The monoisotopic (exact) mass is 956 g/mol. The van der Waals surface area contributed by atoms with E-state index >= 15 is 0 Å². The van der Waals surface area contributed by atoms with Crippen molar-refractivity contribution in [2.24, 2.45) is 0 Å². The Hall–Kier alpha value is -7.72. The van der Waals surface area contributed by atoms with Crippen LogP contribution >= 0.6 is 0 Å². The van der Waals surface area contributed by atoms with Crippen LogP contribution in [0.5, 0.6) is 69.0 Å². The fraction of sp³-hybridized carbons (Fsp3) is 0.391. The summed E-state index contributed by atoms with van der Waals surface area (Å²) in [5, 5.41) is 10.8. The van der Waals surface area contributed by atoms with Crippen molar-refractivity contribution in [3.05, 3.63) is 70.8 Å². The summed E-state index contributed by atoms with van der Waals surface area (Å²) in [6.07, 6.45) is -8.69. The average molecular weight is 957 g/mol. The Bertz CT molecular complexity index is 2380. The molecular formula is C46H52O22. The van der Waals surface area contributed by atoms with E-state index < -0.39 is 66.9 Å². The summed E-state index contributed by atoms with van der Waals surface area (Å²) in [5.74, 6) is -3.83. The Morgan fingerprint density at radius 3 is 1.06 bits per heavy atom. The fourth-order valence-corrected chi connectivity index (χ4v) is 7.08. The highest BCUT2D eigenvalue weighted by Crippen LogP contribution is 2.43. The lowest BCUT2D eigenvalue weighted by Crippen LogP contribution is -2.63. The summed E-state index contributed by atoms with van der Waals surface area (Å²) in [4.78, 5) is 56.8. The van der Waals surface area contributed by atoms with E-state index in [1.165, 1.54) is 128 Å². The van der Waals surface area contributed by atoms with E-state index in [1.807, 2.05) is 0 Å². The molecule has 5 atom stereocenters. The smallest absolute Gasteiger partial charge is 0.339 e. The van der Waals surface area contributed by atoms with Gasteiger partial charge in [-0.1, -0.05) is 0 Å². The second-order valence-corrected chi connectivity index (χ2v) is 14.0. The second kappa shape index (κ2) is 23.1. The molecule has 22 nitrogen and oxygen atoms in total. The number of phenolic OH excluding ortho intramolecular Hbond substituents is 1. The van der Waals surface area contributed by atoms with Crippen LogP contribution in [0.2, 0.25) is 0 Å². The normalized spacial score (nSPS) is 17.3. The summed E-state index contributed by atoms with van der Waals surface area (Å²) in [6, 6.07) is 10.1. The number of ether oxygens (including phenoxy) is 17. The molecule has 1 heterocycles. The minimum atomic E-state index is -1.87. The van der Waals surface area contributed by atoms with Gasteiger partial charge in [-0.2, -0.15) is 0 Å². The van der Waals surface area contributed by atoms with Crippen molar-refractivity contribution in [2.75, 3.05) is 91.9 Å². The molecular weight excluding hydrogens is 904 g/mol. The van der Waals surface area contributed by atoms with Crippen molar-refractivity contribution in [1.82, 2.24) is 0 Å². The minimum Gasteiger partial charge on any atom is -0.504 e. The lowest BCUT2D eigenvalue weighted by atomic mass is 9.97. The van der Waals surface area contributed by atoms with Crippen LogP contribution in [0.4, 0.5) is 0 Å². The number of aromatic hydroxyl groups is 1. The zero-order chi connectivity index (χ0) is 49.8. The Kier molecular flexibility index (Phi) is 17.4. The Morgan fingerprint density at radius 1 is 0.412 bits per heavy atom. The molecule has 1 N–H and O–H groups in total. The van der Waals surface area contributed by atoms with Crippen molar-refractivity contribution in [3.63, 3.8) is 0 Å². The van der Waals surface area contributed by atoms with Gasteiger partial charge >= 0.3 is 23.9 Å². The lowest BCUT2D eigenvalue weighted by molar-refractivity contribution is -0.291. The molecule has 68 heavy (non-hydrogen) atoms. The number of carbonyl (C=O) groups excluding carboxylic acids is 4. The molecule has 0 bridgehead atoms. The van der Waals surface area contributed by atoms with Crippen LogP contribution < -0.4 is 52.1 Å². The summed E-state index contributed by atoms with van der Waals surface area (Å²) < 4.78 is 95.3. The molecule has 0 spiro atoms. The summed E-state index contributed by atoms with van der Waals surface area (Å²) in [5.41, 5.74) is -0.659. The SMILES string of the molecule is COc1cc(C(=O)O[C@H]2[C@H](OC(=O)c3cc(OC)c(OC)c(OC)c3)[C@@H](OC(=O)c3cc(OC)c(OC)c(OC)c3)[C@H](OC)O[C@@H]2COC(=O)c2cc(OC)c(OC)c(OC)c2)cc(O)c1OC. The van der Waals surface area contributed by atoms with Gasteiger partial charge in [0.2, 0.25) is 23.0 Å². The third-order valence-electron chi connectivity index (χ3n) is 10.3. The predicted octanol–water partition coefficient (Wildman–Crippen LogP) is 4.69. The highest BCUT2D eigenvalue weighted by Gasteiger charge is 2.53. The number of esters is 4. The van der Waals surface area contributed by atoms with E-state index in [2.05, 4.69) is 0 Å². The van der Waals surface area contributed by atoms with Gasteiger partial charge in [0.25, 0.3) is 0 Å². The molecule has 0 radical (unpaired) electrons. The largest absolute Gasteiger partial charge is 0.504 e. The molecule has 22 heteroatoms. The van der Waals surface area contributed by atoms with Gasteiger partial charge in [-0.3, -0.25) is 0 Å². The highest BCUT2D eigenvalue weighted by molar-refractivity contribution is 5.94. The second-order valence-electron chi connectivity index (χ2n) is 14.0. The van der Waals surface area contributed by atoms with Gasteiger partial charge in [-0.25, -0.2) is 19.2 Å². The standard InChI is InChI=1S/C46H52O22/c1-52-27-14-22(13-26(47)35(27)59-8)43(49)66-39-34(21-64-42(48)23-15-28(53-2)36(60-9)29(16-23)54-3)65-46(63-12)41(68-45(51)25-19-32(57-6)38(62-11)33(20-25)58-7)40(39)67-44(50)24-17-30(55-4)37(61-10)31(18-24)56-5/h13-20,34,39-41,46-47H,21H2,1-12H3/t34-,39-,40+,41-,46-/m1/s1. The van der Waals surface area contributed by atoms with Crippen LogP contribution in [-0.4, -0.2) is 152 Å². The molecule has 5 rings (SSSR count). The molecule has 0 amide bonds. The molecule has 1 aliphatic rings. The molecule has 1 saturated heterocycles. The molecule has 0 aliphatic carbocycles. The zero-order valence-corrected chi connectivity index (χ0v) is 39.2. The van der Waals surface area contributed by atoms with Crippen molar-refractivity contribution in [2.45, 2.75) is 30.7 Å². The van der Waals surface area contributed by atoms with Crippen LogP contribution in [0.15, 0.2) is 48.5 Å². The van der Waals surface area contributed by atoms with Gasteiger partial charge in [0.1, 0.15) is 12.7 Å². The maximum absolute atomic E-state index is 14.4. The van der Waals surface area contributed by atoms with Gasteiger partial charge in [0.15, 0.2) is 70.6 Å². The Labute approximate surface area is 390 Å². The quantitative estimate of drug-likeness (QED) is 0.0879. The first kappa shape index (κ1) is 51.3. The molecule has 1 fully saturated rings. The molecule has 4 aromatic carbocycles. The van der Waals surface area contributed by atoms with Crippen molar-refractivity contribution < 1.29 is 105 Å². The third-order valence-corrected chi connectivity index (χ3v) is 10.3. The van der Waals surface area contributed by atoms with E-state index in [1.54, 1.807) is 0 Å². The van der Waals surface area contributed by atoms with E-state index in [4.69, 9.17) is 80.5 Å². The summed E-state index contributed by atoms with van der Waals surface area (Å²) in [7, 11) is 15.9. The average Bonchev–Trinajstić information content (AvgIpc) is 3.36. The number of methoxy groups -OCH3 is 12. The van der Waals surface area contributed by atoms with E-state index in [0.29, 0.717) is 0 Å². The summed E-state index contributed by atoms with van der Waals surface area (Å²) >= 11 is 0. The van der Waals surface area contributed by atoms with Gasteiger partial charge in [0.05, 0.1) is 100 Å². The van der Waals surface area contributed by atoms with E-state index in [-0.39, 0.29) is 85.5 Å². The van der Waals surface area contributed by atoms with Crippen molar-refractivity contribution in [3.8, 4) is 69.0 Å². The van der Waals surface area contributed by atoms with Crippen LogP contribution in [0.1, 0.15) is 41.4 Å². The van der Waals surface area contributed by atoms with Gasteiger partial charge in [0, 0.05) is 7.11 Å². The molecule has 1 aliphatic heterocycles. The molecule has 4 aromatic rings. The predicted molar refractivity (Wildman–Crippen MR) is 233 cm³/mol. The fourth-order valence-electron chi connectivity index (χ4n) is 7.08. The number of hydrogen-bond donors (Lipinski definition) is 1. The minimum absolute atomic E-state index is 0.0582. The van der Waals surface area contributed by atoms with Gasteiger partial charge in [-0.15, -0.1) is 0 Å². The molecule has 0 aromatic heterocycles. The van der Waals surface area contributed by atoms with Crippen LogP contribution in [0, 0.1) is 0 Å². The van der Waals surface area contributed by atoms with E-state index in [0.717, 1.165) is 6.07 Å². The molecule has 368 valence electrons. The lowest BCUT2D eigenvalue weighted by Gasteiger charge is -2.44. The van der Waals surface area contributed by atoms with Crippen molar-refractivity contribution >= 4 is 23.9 Å². The maximum atomic E-state index is 14.4. The Balaban J connectivity index is 1.67. The number of hydrogen-bond acceptors (Lipinski definition) is 22. The first-order valence-electron chi connectivity index (χ1n) is 20.1. The Morgan fingerprint density at radius 2 is 0.721 bits per heavy atom. The number of phenols is 1. The van der Waals surface area contributed by atoms with Crippen molar-refractivity contribution in [1.29, 1.82) is 0 Å². The third kappa shape index (κ3) is 10.8. The first-order valence-corrected chi connectivity index (χ1v) is 20.1. The number of rotatable bonds is 21. The number of carbonyl (C=O) groups is 4. The molecule has 0 unspecified atom stereocenters. The topological polar surface area (TPSA) is 245 Å². The highest BCUT2D eigenvalue weighted by atomic mass is 16.7. The first-order chi connectivity index (χ1) is 32.7. The summed E-state index contributed by atoms with van der Waals surface area (Å²) in [6.45, 7) is -0.726. The molecule has 0 saturated carbocycles. The number of benzene rings is 4. The zero-order valence-electron chi connectivity index (χ0n) is 39.2.